The summed E-state index contributed by atoms with van der Waals surface area (Å²) in [6.07, 6.45) is 0.875. The van der Waals surface area contributed by atoms with Crippen molar-refractivity contribution in [2.24, 2.45) is 0 Å². The monoisotopic (exact) mass is 389 g/mol. The van der Waals surface area contributed by atoms with Gasteiger partial charge in [0.15, 0.2) is 0 Å². The maximum absolute atomic E-state index is 12.2. The van der Waals surface area contributed by atoms with Gasteiger partial charge in [0.25, 0.3) is 0 Å². The molecule has 27 heavy (non-hydrogen) atoms. The van der Waals surface area contributed by atoms with Crippen LogP contribution in [0.1, 0.15) is 43.3 Å². The lowest BCUT2D eigenvalue weighted by atomic mass is 10.1. The fraction of sp³-hybridized carbons (Fsp3) is 0.421. The maximum Gasteiger partial charge on any atom is 0.315 e. The second-order valence-electron chi connectivity index (χ2n) is 6.74. The van der Waals surface area contributed by atoms with Crippen LogP contribution in [0.25, 0.3) is 0 Å². The SMILES string of the molecule is CC(=O)N1CCCn2nc(CNC(=O)N[C@H](C)c3ccc(Cl)cc3)cc2C1. The third kappa shape index (κ3) is 5.01. The molecule has 144 valence electrons. The van der Waals surface area contributed by atoms with Gasteiger partial charge in [-0.1, -0.05) is 23.7 Å². The van der Waals surface area contributed by atoms with Crippen LogP contribution in [0.15, 0.2) is 30.3 Å². The van der Waals surface area contributed by atoms with E-state index in [4.69, 9.17) is 11.6 Å². The van der Waals surface area contributed by atoms with E-state index >= 15 is 0 Å². The summed E-state index contributed by atoms with van der Waals surface area (Å²) in [7, 11) is 0. The summed E-state index contributed by atoms with van der Waals surface area (Å²) in [5.74, 6) is 0.0693. The highest BCUT2D eigenvalue weighted by molar-refractivity contribution is 6.30. The summed E-state index contributed by atoms with van der Waals surface area (Å²) in [6.45, 7) is 5.91. The Morgan fingerprint density at radius 2 is 2.00 bits per heavy atom. The third-order valence-electron chi connectivity index (χ3n) is 4.66. The summed E-state index contributed by atoms with van der Waals surface area (Å²) in [5.41, 5.74) is 2.76. The van der Waals surface area contributed by atoms with E-state index in [2.05, 4.69) is 15.7 Å². The second-order valence-corrected chi connectivity index (χ2v) is 7.18. The Hall–Kier alpha value is -2.54. The molecular formula is C19H24ClN5O2. The first-order valence-electron chi connectivity index (χ1n) is 9.03. The molecule has 0 saturated carbocycles. The van der Waals surface area contributed by atoms with Gasteiger partial charge in [0.05, 0.1) is 30.5 Å². The first-order valence-corrected chi connectivity index (χ1v) is 9.41. The smallest absolute Gasteiger partial charge is 0.315 e. The number of benzene rings is 1. The van der Waals surface area contributed by atoms with E-state index in [1.807, 2.05) is 34.7 Å². The van der Waals surface area contributed by atoms with Gasteiger partial charge in [-0.05, 0) is 37.1 Å². The topological polar surface area (TPSA) is 79.3 Å². The standard InChI is InChI=1S/C19H24ClN5O2/c1-13(15-4-6-16(20)7-5-15)22-19(27)21-11-17-10-18-12-24(14(2)26)8-3-9-25(18)23-17/h4-7,10,13H,3,8-9,11-12H2,1-2H3,(H2,21,22,27)/t13-/m1/s1. The summed E-state index contributed by atoms with van der Waals surface area (Å²) >= 11 is 5.89. The van der Waals surface area contributed by atoms with E-state index in [0.717, 1.165) is 36.5 Å². The van der Waals surface area contributed by atoms with Gasteiger partial charge in [-0.15, -0.1) is 0 Å². The minimum atomic E-state index is -0.258. The third-order valence-corrected chi connectivity index (χ3v) is 4.91. The number of halogens is 1. The fourth-order valence-corrected chi connectivity index (χ4v) is 3.26. The van der Waals surface area contributed by atoms with Crippen molar-refractivity contribution in [3.05, 3.63) is 52.3 Å². The van der Waals surface area contributed by atoms with E-state index in [-0.39, 0.29) is 18.0 Å². The zero-order chi connectivity index (χ0) is 19.4. The maximum atomic E-state index is 12.2. The number of fused-ring (bicyclic) bond motifs is 1. The van der Waals surface area contributed by atoms with Crippen LogP contribution in [0.2, 0.25) is 5.02 Å². The predicted molar refractivity (Wildman–Crippen MR) is 103 cm³/mol. The molecule has 0 radical (unpaired) electrons. The molecule has 1 atom stereocenters. The average Bonchev–Trinajstić information content (AvgIpc) is 2.90. The Balaban J connectivity index is 1.54. The van der Waals surface area contributed by atoms with E-state index in [9.17, 15) is 9.59 Å². The predicted octanol–water partition coefficient (Wildman–Crippen LogP) is 2.85. The Morgan fingerprint density at radius 1 is 1.26 bits per heavy atom. The summed E-state index contributed by atoms with van der Waals surface area (Å²) < 4.78 is 1.92. The van der Waals surface area contributed by atoms with Gasteiger partial charge < -0.3 is 15.5 Å². The van der Waals surface area contributed by atoms with Crippen molar-refractivity contribution in [3.8, 4) is 0 Å². The number of amides is 3. The number of rotatable bonds is 4. The number of aromatic nitrogens is 2. The molecule has 0 fully saturated rings. The lowest BCUT2D eigenvalue weighted by molar-refractivity contribution is -0.129. The largest absolute Gasteiger partial charge is 0.337 e. The summed E-state index contributed by atoms with van der Waals surface area (Å²) in [4.78, 5) is 25.6. The van der Waals surface area contributed by atoms with Crippen LogP contribution in [-0.4, -0.2) is 33.2 Å². The van der Waals surface area contributed by atoms with Crippen LogP contribution >= 0.6 is 11.6 Å². The molecule has 3 amide bonds. The highest BCUT2D eigenvalue weighted by Crippen LogP contribution is 2.16. The molecule has 8 heteroatoms. The van der Waals surface area contributed by atoms with Crippen LogP contribution in [0, 0.1) is 0 Å². The quantitative estimate of drug-likeness (QED) is 0.843. The highest BCUT2D eigenvalue weighted by atomic mass is 35.5. The molecule has 7 nitrogen and oxygen atoms in total. The van der Waals surface area contributed by atoms with Crippen molar-refractivity contribution in [1.29, 1.82) is 0 Å². The number of hydrogen-bond donors (Lipinski definition) is 2. The van der Waals surface area contributed by atoms with E-state index in [0.29, 0.717) is 18.1 Å². The molecule has 0 spiro atoms. The van der Waals surface area contributed by atoms with Gasteiger partial charge in [0, 0.05) is 25.0 Å². The molecule has 1 aromatic carbocycles. The van der Waals surface area contributed by atoms with Crippen molar-refractivity contribution >= 4 is 23.5 Å². The molecule has 0 aliphatic carbocycles. The first-order chi connectivity index (χ1) is 12.9. The molecule has 3 rings (SSSR count). The number of carbonyl (C=O) groups is 2. The normalized spacial score (nSPS) is 14.9. The van der Waals surface area contributed by atoms with Gasteiger partial charge in [0.2, 0.25) is 5.91 Å². The number of nitrogens with zero attached hydrogens (tertiary/aromatic N) is 3. The highest BCUT2D eigenvalue weighted by Gasteiger charge is 2.18. The van der Waals surface area contributed by atoms with Crippen molar-refractivity contribution < 1.29 is 9.59 Å². The van der Waals surface area contributed by atoms with Gasteiger partial charge in [-0.3, -0.25) is 9.48 Å². The van der Waals surface area contributed by atoms with E-state index in [1.165, 1.54) is 0 Å². The Morgan fingerprint density at radius 3 is 2.70 bits per heavy atom. The molecule has 0 bridgehead atoms. The van der Waals surface area contributed by atoms with Crippen molar-refractivity contribution in [2.45, 2.75) is 45.9 Å². The van der Waals surface area contributed by atoms with Crippen LogP contribution in [0.4, 0.5) is 4.79 Å². The van der Waals surface area contributed by atoms with E-state index < -0.39 is 0 Å². The zero-order valence-corrected chi connectivity index (χ0v) is 16.3. The lowest BCUT2D eigenvalue weighted by Gasteiger charge is -2.17. The Kier molecular flexibility index (Phi) is 6.01. The average molecular weight is 390 g/mol. The zero-order valence-electron chi connectivity index (χ0n) is 15.5. The molecule has 2 heterocycles. The molecular weight excluding hydrogens is 366 g/mol. The molecule has 0 unspecified atom stereocenters. The molecule has 0 saturated heterocycles. The Labute approximate surface area is 163 Å². The van der Waals surface area contributed by atoms with Crippen LogP contribution in [0.3, 0.4) is 0 Å². The van der Waals surface area contributed by atoms with Crippen molar-refractivity contribution in [2.75, 3.05) is 6.54 Å². The van der Waals surface area contributed by atoms with E-state index in [1.54, 1.807) is 19.1 Å². The molecule has 1 aliphatic heterocycles. The fourth-order valence-electron chi connectivity index (χ4n) is 3.13. The first kappa shape index (κ1) is 19.2. The molecule has 2 aromatic rings. The van der Waals surface area contributed by atoms with Crippen LogP contribution in [-0.2, 0) is 24.4 Å². The van der Waals surface area contributed by atoms with Gasteiger partial charge >= 0.3 is 6.03 Å². The number of hydrogen-bond acceptors (Lipinski definition) is 3. The lowest BCUT2D eigenvalue weighted by Crippen LogP contribution is -2.36. The Bertz CT molecular complexity index is 818. The van der Waals surface area contributed by atoms with Crippen LogP contribution in [0.5, 0.6) is 0 Å². The number of aryl methyl sites for hydroxylation is 1. The van der Waals surface area contributed by atoms with Crippen molar-refractivity contribution in [3.63, 3.8) is 0 Å². The summed E-state index contributed by atoms with van der Waals surface area (Å²) in [6, 6.07) is 8.94. The molecule has 1 aliphatic rings. The second kappa shape index (κ2) is 8.43. The number of urea groups is 1. The molecule has 2 N–H and O–H groups in total. The number of carbonyl (C=O) groups excluding carboxylic acids is 2. The van der Waals surface area contributed by atoms with Gasteiger partial charge in [-0.25, -0.2) is 4.79 Å². The minimum Gasteiger partial charge on any atom is -0.337 e. The number of nitrogens with one attached hydrogen (secondary N) is 2. The van der Waals surface area contributed by atoms with Crippen LogP contribution < -0.4 is 10.6 Å². The van der Waals surface area contributed by atoms with Gasteiger partial charge in [0.1, 0.15) is 0 Å². The van der Waals surface area contributed by atoms with Crippen molar-refractivity contribution in [1.82, 2.24) is 25.3 Å². The molecule has 1 aromatic heterocycles. The van der Waals surface area contributed by atoms with Gasteiger partial charge in [-0.2, -0.15) is 5.10 Å². The summed E-state index contributed by atoms with van der Waals surface area (Å²) in [5, 5.41) is 10.9. The minimum absolute atomic E-state index is 0.0693.